The van der Waals surface area contributed by atoms with Crippen molar-refractivity contribution in [3.63, 3.8) is 0 Å². The fourth-order valence-electron chi connectivity index (χ4n) is 1.45. The number of carbonyl (C=O) groups is 1. The molecular formula is C13H20N2O2. The van der Waals surface area contributed by atoms with Crippen LogP contribution in [0.15, 0.2) is 24.3 Å². The highest BCUT2D eigenvalue weighted by Crippen LogP contribution is 2.16. The third-order valence-electron chi connectivity index (χ3n) is 2.44. The van der Waals surface area contributed by atoms with Crippen molar-refractivity contribution in [2.24, 2.45) is 0 Å². The number of rotatable bonds is 6. The van der Waals surface area contributed by atoms with Crippen molar-refractivity contribution in [2.75, 3.05) is 30.9 Å². The third-order valence-corrected chi connectivity index (χ3v) is 2.44. The standard InChI is InChI=1S/C13H20N2O2/c1-3-8-17-9-7-13(16)15(2)12-6-4-5-11(14)10-12/h4-6,10H,3,7-9,14H2,1-2H3. The average molecular weight is 236 g/mol. The summed E-state index contributed by atoms with van der Waals surface area (Å²) in [5.41, 5.74) is 7.14. The van der Waals surface area contributed by atoms with Crippen molar-refractivity contribution in [3.8, 4) is 0 Å². The van der Waals surface area contributed by atoms with E-state index in [-0.39, 0.29) is 5.91 Å². The summed E-state index contributed by atoms with van der Waals surface area (Å²) in [7, 11) is 1.75. The van der Waals surface area contributed by atoms with Gasteiger partial charge in [0.15, 0.2) is 0 Å². The minimum Gasteiger partial charge on any atom is -0.399 e. The molecule has 4 heteroatoms. The van der Waals surface area contributed by atoms with Gasteiger partial charge in [-0.1, -0.05) is 13.0 Å². The zero-order valence-electron chi connectivity index (χ0n) is 10.5. The summed E-state index contributed by atoms with van der Waals surface area (Å²) in [5, 5.41) is 0. The summed E-state index contributed by atoms with van der Waals surface area (Å²) in [6.45, 7) is 3.22. The van der Waals surface area contributed by atoms with Crippen LogP contribution < -0.4 is 10.6 Å². The Hall–Kier alpha value is -1.55. The van der Waals surface area contributed by atoms with E-state index in [9.17, 15) is 4.79 Å². The fourth-order valence-corrected chi connectivity index (χ4v) is 1.45. The Bertz CT molecular complexity index is 366. The molecular weight excluding hydrogens is 216 g/mol. The van der Waals surface area contributed by atoms with Gasteiger partial charge in [0.25, 0.3) is 0 Å². The second-order valence-corrected chi connectivity index (χ2v) is 3.91. The van der Waals surface area contributed by atoms with Crippen LogP contribution in [0.4, 0.5) is 11.4 Å². The predicted molar refractivity (Wildman–Crippen MR) is 70.0 cm³/mol. The number of benzene rings is 1. The largest absolute Gasteiger partial charge is 0.399 e. The van der Waals surface area contributed by atoms with Crippen LogP contribution in [-0.4, -0.2) is 26.2 Å². The van der Waals surface area contributed by atoms with Crippen molar-refractivity contribution < 1.29 is 9.53 Å². The summed E-state index contributed by atoms with van der Waals surface area (Å²) in [5.74, 6) is 0.0340. The van der Waals surface area contributed by atoms with Crippen LogP contribution >= 0.6 is 0 Å². The molecule has 1 amide bonds. The molecule has 0 spiro atoms. The zero-order valence-corrected chi connectivity index (χ0v) is 10.5. The molecule has 94 valence electrons. The van der Waals surface area contributed by atoms with Crippen molar-refractivity contribution in [2.45, 2.75) is 19.8 Å². The molecule has 0 aliphatic rings. The first kappa shape index (κ1) is 13.5. The maximum Gasteiger partial charge on any atom is 0.229 e. The highest BCUT2D eigenvalue weighted by atomic mass is 16.5. The van der Waals surface area contributed by atoms with Gasteiger partial charge in [-0.15, -0.1) is 0 Å². The first-order valence-electron chi connectivity index (χ1n) is 5.85. The zero-order chi connectivity index (χ0) is 12.7. The molecule has 1 rings (SSSR count). The second-order valence-electron chi connectivity index (χ2n) is 3.91. The lowest BCUT2D eigenvalue weighted by Gasteiger charge is -2.17. The van der Waals surface area contributed by atoms with Crippen LogP contribution in [0.3, 0.4) is 0 Å². The fraction of sp³-hybridized carbons (Fsp3) is 0.462. The first-order chi connectivity index (χ1) is 8.15. The number of nitrogens with two attached hydrogens (primary N) is 1. The number of amides is 1. The Kier molecular flexibility index (Phi) is 5.49. The topological polar surface area (TPSA) is 55.6 Å². The van der Waals surface area contributed by atoms with E-state index in [1.807, 2.05) is 19.1 Å². The highest BCUT2D eigenvalue weighted by Gasteiger charge is 2.10. The van der Waals surface area contributed by atoms with E-state index in [0.717, 1.165) is 12.1 Å². The van der Waals surface area contributed by atoms with Gasteiger partial charge in [0.1, 0.15) is 0 Å². The summed E-state index contributed by atoms with van der Waals surface area (Å²) in [4.78, 5) is 13.4. The molecule has 0 saturated heterocycles. The number of nitrogens with zero attached hydrogens (tertiary/aromatic N) is 1. The number of nitrogen functional groups attached to an aromatic ring is 1. The Morgan fingerprint density at radius 3 is 2.82 bits per heavy atom. The van der Waals surface area contributed by atoms with Crippen LogP contribution in [0.5, 0.6) is 0 Å². The maximum atomic E-state index is 11.8. The monoisotopic (exact) mass is 236 g/mol. The molecule has 0 saturated carbocycles. The molecule has 17 heavy (non-hydrogen) atoms. The van der Waals surface area contributed by atoms with E-state index in [2.05, 4.69) is 0 Å². The molecule has 0 bridgehead atoms. The molecule has 0 unspecified atom stereocenters. The summed E-state index contributed by atoms with van der Waals surface area (Å²) >= 11 is 0. The van der Waals surface area contributed by atoms with Crippen LogP contribution in [0.25, 0.3) is 0 Å². The number of ether oxygens (including phenoxy) is 1. The van der Waals surface area contributed by atoms with Crippen molar-refractivity contribution in [1.29, 1.82) is 0 Å². The molecule has 0 aliphatic carbocycles. The summed E-state index contributed by atoms with van der Waals surface area (Å²) in [6, 6.07) is 7.28. The van der Waals surface area contributed by atoms with E-state index < -0.39 is 0 Å². The van der Waals surface area contributed by atoms with Gasteiger partial charge in [0, 0.05) is 25.0 Å². The van der Waals surface area contributed by atoms with Gasteiger partial charge in [0.05, 0.1) is 13.0 Å². The van der Waals surface area contributed by atoms with E-state index in [1.54, 1.807) is 24.1 Å². The smallest absolute Gasteiger partial charge is 0.229 e. The number of hydrogen-bond donors (Lipinski definition) is 1. The first-order valence-corrected chi connectivity index (χ1v) is 5.85. The number of hydrogen-bond acceptors (Lipinski definition) is 3. The molecule has 4 nitrogen and oxygen atoms in total. The number of anilines is 2. The Labute approximate surface area is 102 Å². The van der Waals surface area contributed by atoms with Gasteiger partial charge in [-0.05, 0) is 24.6 Å². The highest BCUT2D eigenvalue weighted by molar-refractivity contribution is 5.93. The lowest BCUT2D eigenvalue weighted by atomic mass is 10.2. The predicted octanol–water partition coefficient (Wildman–Crippen LogP) is 2.05. The minimum atomic E-state index is 0.0340. The van der Waals surface area contributed by atoms with Crippen LogP contribution in [-0.2, 0) is 9.53 Å². The van der Waals surface area contributed by atoms with Gasteiger partial charge in [-0.3, -0.25) is 4.79 Å². The van der Waals surface area contributed by atoms with Crippen molar-refractivity contribution >= 4 is 17.3 Å². The van der Waals surface area contributed by atoms with E-state index in [0.29, 0.717) is 25.3 Å². The summed E-state index contributed by atoms with van der Waals surface area (Å²) in [6.07, 6.45) is 1.37. The molecule has 0 radical (unpaired) electrons. The molecule has 1 aromatic carbocycles. The van der Waals surface area contributed by atoms with Gasteiger partial charge in [0.2, 0.25) is 5.91 Å². The lowest BCUT2D eigenvalue weighted by molar-refractivity contribution is -0.119. The molecule has 2 N–H and O–H groups in total. The van der Waals surface area contributed by atoms with E-state index in [1.165, 1.54) is 0 Å². The van der Waals surface area contributed by atoms with Crippen LogP contribution in [0.1, 0.15) is 19.8 Å². The molecule has 0 aromatic heterocycles. The van der Waals surface area contributed by atoms with Gasteiger partial charge in [-0.25, -0.2) is 0 Å². The molecule has 0 aliphatic heterocycles. The Morgan fingerprint density at radius 2 is 2.18 bits per heavy atom. The van der Waals surface area contributed by atoms with E-state index in [4.69, 9.17) is 10.5 Å². The Balaban J connectivity index is 2.46. The second kappa shape index (κ2) is 6.91. The molecule has 1 aromatic rings. The minimum absolute atomic E-state index is 0.0340. The third kappa shape index (κ3) is 4.44. The quantitative estimate of drug-likeness (QED) is 0.607. The number of carbonyl (C=O) groups excluding carboxylic acids is 1. The van der Waals surface area contributed by atoms with Crippen molar-refractivity contribution in [1.82, 2.24) is 0 Å². The van der Waals surface area contributed by atoms with Gasteiger partial charge in [-0.2, -0.15) is 0 Å². The van der Waals surface area contributed by atoms with Gasteiger partial charge < -0.3 is 15.4 Å². The summed E-state index contributed by atoms with van der Waals surface area (Å²) < 4.78 is 5.29. The molecule has 0 heterocycles. The SMILES string of the molecule is CCCOCCC(=O)N(C)c1cccc(N)c1. The normalized spacial score (nSPS) is 10.2. The van der Waals surface area contributed by atoms with Gasteiger partial charge >= 0.3 is 0 Å². The van der Waals surface area contributed by atoms with Crippen LogP contribution in [0, 0.1) is 0 Å². The lowest BCUT2D eigenvalue weighted by Crippen LogP contribution is -2.27. The molecule has 0 atom stereocenters. The van der Waals surface area contributed by atoms with Crippen LogP contribution in [0.2, 0.25) is 0 Å². The molecule has 0 fully saturated rings. The average Bonchev–Trinajstić information content (AvgIpc) is 2.33. The van der Waals surface area contributed by atoms with Crippen molar-refractivity contribution in [3.05, 3.63) is 24.3 Å². The Morgan fingerprint density at radius 1 is 1.41 bits per heavy atom. The maximum absolute atomic E-state index is 11.8. The van der Waals surface area contributed by atoms with E-state index >= 15 is 0 Å².